The number of rotatable bonds is 7. The Bertz CT molecular complexity index is 1220. The van der Waals surface area contributed by atoms with Gasteiger partial charge in [0, 0.05) is 16.9 Å². The predicted octanol–water partition coefficient (Wildman–Crippen LogP) is 5.07. The Kier molecular flexibility index (Phi) is 6.06. The Morgan fingerprint density at radius 1 is 1.19 bits per heavy atom. The number of methoxy groups -OCH3 is 1. The molecule has 1 unspecified atom stereocenters. The van der Waals surface area contributed by atoms with Crippen LogP contribution in [0.5, 0.6) is 5.75 Å². The van der Waals surface area contributed by atoms with Crippen LogP contribution in [0.2, 0.25) is 0 Å². The number of nitrogens with zero attached hydrogens (tertiary/aromatic N) is 4. The lowest BCUT2D eigenvalue weighted by atomic mass is 10.1. The fourth-order valence-electron chi connectivity index (χ4n) is 3.42. The van der Waals surface area contributed by atoms with Gasteiger partial charge in [-0.2, -0.15) is 5.10 Å². The van der Waals surface area contributed by atoms with Crippen LogP contribution in [0.25, 0.3) is 11.4 Å². The van der Waals surface area contributed by atoms with Gasteiger partial charge in [-0.05, 0) is 47.2 Å². The Morgan fingerprint density at radius 3 is 2.72 bits per heavy atom. The summed E-state index contributed by atoms with van der Waals surface area (Å²) in [5.41, 5.74) is 1.86. The molecule has 1 aliphatic rings. The Labute approximate surface area is 197 Å². The molecule has 1 aromatic carbocycles. The van der Waals surface area contributed by atoms with E-state index in [-0.39, 0.29) is 17.7 Å². The molecule has 0 saturated heterocycles. The molecule has 162 valence electrons. The number of H-pyrrole nitrogens is 1. The van der Waals surface area contributed by atoms with Crippen LogP contribution in [-0.4, -0.2) is 44.7 Å². The van der Waals surface area contributed by atoms with Crippen LogP contribution >= 0.6 is 34.4 Å². The number of hydrogen-bond acceptors (Lipinski definition) is 8. The fraction of sp³-hybridized carbons (Fsp3) is 0.182. The zero-order valence-corrected chi connectivity index (χ0v) is 19.5. The summed E-state index contributed by atoms with van der Waals surface area (Å²) in [5, 5.41) is 18.1. The fourth-order valence-corrected chi connectivity index (χ4v) is 5.60. The smallest absolute Gasteiger partial charge is 0.253 e. The molecule has 0 aliphatic carbocycles. The van der Waals surface area contributed by atoms with Crippen molar-refractivity contribution < 1.29 is 9.53 Å². The molecule has 1 atom stereocenters. The number of hydrazone groups is 1. The lowest BCUT2D eigenvalue weighted by Crippen LogP contribution is -2.28. The van der Waals surface area contributed by atoms with E-state index in [2.05, 4.69) is 21.2 Å². The lowest BCUT2D eigenvalue weighted by Gasteiger charge is -2.20. The Morgan fingerprint density at radius 2 is 2.00 bits per heavy atom. The molecule has 0 fully saturated rings. The first kappa shape index (κ1) is 20.9. The van der Waals surface area contributed by atoms with Gasteiger partial charge in [0.1, 0.15) is 5.75 Å². The van der Waals surface area contributed by atoms with Gasteiger partial charge in [0.15, 0.2) is 5.82 Å². The number of amides is 1. The molecular formula is C22H19N5O2S3. The van der Waals surface area contributed by atoms with Crippen molar-refractivity contribution in [1.82, 2.24) is 20.2 Å². The van der Waals surface area contributed by atoms with Crippen molar-refractivity contribution in [2.75, 3.05) is 12.9 Å². The lowest BCUT2D eigenvalue weighted by molar-refractivity contribution is -0.130. The van der Waals surface area contributed by atoms with Crippen LogP contribution in [-0.2, 0) is 4.79 Å². The molecule has 0 saturated carbocycles. The normalized spacial score (nSPS) is 15.7. The molecule has 4 heterocycles. The summed E-state index contributed by atoms with van der Waals surface area (Å²) in [6, 6.07) is 15.6. The minimum atomic E-state index is -0.0674. The average molecular weight is 482 g/mol. The first-order chi connectivity index (χ1) is 15.7. The third-order valence-corrected chi connectivity index (χ3v) is 7.72. The van der Waals surface area contributed by atoms with Crippen molar-refractivity contribution in [2.24, 2.45) is 5.10 Å². The van der Waals surface area contributed by atoms with Crippen LogP contribution < -0.4 is 4.74 Å². The van der Waals surface area contributed by atoms with Crippen molar-refractivity contribution in [1.29, 1.82) is 0 Å². The molecule has 5 rings (SSSR count). The van der Waals surface area contributed by atoms with E-state index in [0.717, 1.165) is 33.2 Å². The molecule has 1 amide bonds. The van der Waals surface area contributed by atoms with Crippen LogP contribution in [0.1, 0.15) is 22.2 Å². The summed E-state index contributed by atoms with van der Waals surface area (Å²) in [6.07, 6.45) is 0.722. The van der Waals surface area contributed by atoms with Crippen molar-refractivity contribution >= 4 is 46.1 Å². The Balaban J connectivity index is 1.28. The number of aromatic amines is 1. The second-order valence-corrected chi connectivity index (χ2v) is 9.85. The zero-order chi connectivity index (χ0) is 21.9. The number of benzene rings is 1. The number of hydrogen-bond donors (Lipinski definition) is 1. The van der Waals surface area contributed by atoms with Crippen LogP contribution in [0, 0.1) is 0 Å². The van der Waals surface area contributed by atoms with Gasteiger partial charge in [0.2, 0.25) is 5.16 Å². The summed E-state index contributed by atoms with van der Waals surface area (Å²) < 4.78 is 5.19. The van der Waals surface area contributed by atoms with E-state index in [0.29, 0.717) is 11.0 Å². The van der Waals surface area contributed by atoms with Crippen molar-refractivity contribution in [3.05, 3.63) is 69.0 Å². The quantitative estimate of drug-likeness (QED) is 0.373. The monoisotopic (exact) mass is 481 g/mol. The summed E-state index contributed by atoms with van der Waals surface area (Å²) in [4.78, 5) is 19.9. The summed E-state index contributed by atoms with van der Waals surface area (Å²) in [7, 11) is 1.63. The average Bonchev–Trinajstić information content (AvgIpc) is 3.63. The molecule has 10 heteroatoms. The van der Waals surface area contributed by atoms with Gasteiger partial charge in [-0.1, -0.05) is 23.9 Å². The summed E-state index contributed by atoms with van der Waals surface area (Å²) in [5.74, 6) is 1.58. The third-order valence-electron chi connectivity index (χ3n) is 5.00. The minimum Gasteiger partial charge on any atom is -0.497 e. The van der Waals surface area contributed by atoms with Gasteiger partial charge in [-0.15, -0.1) is 27.8 Å². The molecule has 0 radical (unpaired) electrons. The second-order valence-electron chi connectivity index (χ2n) is 6.98. The molecule has 1 N–H and O–H groups in total. The van der Waals surface area contributed by atoms with Gasteiger partial charge in [0.05, 0.1) is 29.5 Å². The van der Waals surface area contributed by atoms with Gasteiger partial charge in [-0.25, -0.2) is 9.99 Å². The van der Waals surface area contributed by atoms with Gasteiger partial charge in [-0.3, -0.25) is 9.89 Å². The largest absolute Gasteiger partial charge is 0.497 e. The van der Waals surface area contributed by atoms with E-state index in [1.165, 1.54) is 11.8 Å². The van der Waals surface area contributed by atoms with Crippen LogP contribution in [0.15, 0.2) is 69.5 Å². The molecular weight excluding hydrogens is 462 g/mol. The second kappa shape index (κ2) is 9.27. The number of aromatic nitrogens is 3. The summed E-state index contributed by atoms with van der Waals surface area (Å²) >= 11 is 4.60. The van der Waals surface area contributed by atoms with Gasteiger partial charge >= 0.3 is 0 Å². The first-order valence-corrected chi connectivity index (χ1v) is 12.6. The number of thioether (sulfide) groups is 1. The standard InChI is InChI=1S/C22H19N5O2S3/c1-29-15-8-6-14(7-9-15)21-23-22(25-24-21)32-13-20(28)27-17(19-5-3-11-31-19)12-16(26-27)18-4-2-10-30-18/h2-11,17H,12-13H2,1H3,(H,23,24,25). The Hall–Kier alpha value is -2.95. The topological polar surface area (TPSA) is 83.5 Å². The number of nitrogens with one attached hydrogen (secondary N) is 1. The van der Waals surface area contributed by atoms with E-state index >= 15 is 0 Å². The highest BCUT2D eigenvalue weighted by Crippen LogP contribution is 2.36. The van der Waals surface area contributed by atoms with E-state index in [4.69, 9.17) is 9.84 Å². The van der Waals surface area contributed by atoms with E-state index in [1.54, 1.807) is 34.8 Å². The maximum Gasteiger partial charge on any atom is 0.253 e. The number of carbonyl (C=O) groups excluding carboxylic acids is 1. The molecule has 3 aromatic heterocycles. The molecule has 4 aromatic rings. The summed E-state index contributed by atoms with van der Waals surface area (Å²) in [6.45, 7) is 0. The number of thiophene rings is 2. The molecule has 7 nitrogen and oxygen atoms in total. The molecule has 0 bridgehead atoms. The van der Waals surface area contributed by atoms with Crippen LogP contribution in [0.3, 0.4) is 0 Å². The van der Waals surface area contributed by atoms with E-state index < -0.39 is 0 Å². The first-order valence-electron chi connectivity index (χ1n) is 9.87. The van der Waals surface area contributed by atoms with Gasteiger partial charge < -0.3 is 4.74 Å². The van der Waals surface area contributed by atoms with E-state index in [9.17, 15) is 4.79 Å². The van der Waals surface area contributed by atoms with Gasteiger partial charge in [0.25, 0.3) is 5.91 Å². The number of carbonyl (C=O) groups is 1. The zero-order valence-electron chi connectivity index (χ0n) is 17.1. The molecule has 32 heavy (non-hydrogen) atoms. The maximum absolute atomic E-state index is 13.1. The highest BCUT2D eigenvalue weighted by molar-refractivity contribution is 7.99. The predicted molar refractivity (Wildman–Crippen MR) is 128 cm³/mol. The molecule has 1 aliphatic heterocycles. The maximum atomic E-state index is 13.1. The highest BCUT2D eigenvalue weighted by atomic mass is 32.2. The molecule has 0 spiro atoms. The van der Waals surface area contributed by atoms with Crippen LogP contribution in [0.4, 0.5) is 0 Å². The highest BCUT2D eigenvalue weighted by Gasteiger charge is 2.34. The minimum absolute atomic E-state index is 0.0595. The SMILES string of the molecule is COc1ccc(-c2nc(SCC(=O)N3N=C(c4cccs4)CC3c3cccs3)n[nH]2)cc1. The number of ether oxygens (including phenoxy) is 1. The van der Waals surface area contributed by atoms with Crippen molar-refractivity contribution in [2.45, 2.75) is 17.6 Å². The third kappa shape index (κ3) is 4.34. The van der Waals surface area contributed by atoms with E-state index in [1.807, 2.05) is 53.2 Å². The van der Waals surface area contributed by atoms with Crippen molar-refractivity contribution in [3.63, 3.8) is 0 Å². The van der Waals surface area contributed by atoms with Crippen molar-refractivity contribution in [3.8, 4) is 17.1 Å².